The van der Waals surface area contributed by atoms with Crippen molar-refractivity contribution in [2.45, 2.75) is 32.9 Å². The summed E-state index contributed by atoms with van der Waals surface area (Å²) in [6, 6.07) is 13.3. The van der Waals surface area contributed by atoms with Crippen molar-refractivity contribution in [3.8, 4) is 5.75 Å². The van der Waals surface area contributed by atoms with Gasteiger partial charge in [0.25, 0.3) is 0 Å². The molecule has 0 unspecified atom stereocenters. The molecule has 7 heteroatoms. The third kappa shape index (κ3) is 5.23. The summed E-state index contributed by atoms with van der Waals surface area (Å²) in [5.41, 5.74) is 2.29. The summed E-state index contributed by atoms with van der Waals surface area (Å²) in [6.07, 6.45) is 1.10. The van der Waals surface area contributed by atoms with Crippen LogP contribution in [-0.2, 0) is 14.8 Å². The summed E-state index contributed by atoms with van der Waals surface area (Å²) in [7, 11) is -2.04. The summed E-state index contributed by atoms with van der Waals surface area (Å²) < 4.78 is 31.0. The van der Waals surface area contributed by atoms with Crippen molar-refractivity contribution in [2.24, 2.45) is 0 Å². The lowest BCUT2D eigenvalue weighted by Crippen LogP contribution is -2.48. The van der Waals surface area contributed by atoms with Crippen molar-refractivity contribution in [1.82, 2.24) is 5.32 Å². The van der Waals surface area contributed by atoms with Crippen molar-refractivity contribution < 1.29 is 17.9 Å². The van der Waals surface area contributed by atoms with Gasteiger partial charge in [0, 0.05) is 0 Å². The zero-order valence-electron chi connectivity index (χ0n) is 16.3. The average Bonchev–Trinajstić information content (AvgIpc) is 2.60. The molecule has 2 aromatic carbocycles. The number of hydrogen-bond donors (Lipinski definition) is 1. The summed E-state index contributed by atoms with van der Waals surface area (Å²) in [5, 5.41) is 2.88. The Kier molecular flexibility index (Phi) is 6.49. The molecule has 0 fully saturated rings. The lowest BCUT2D eigenvalue weighted by Gasteiger charge is -2.29. The molecule has 1 amide bonds. The second kappa shape index (κ2) is 8.43. The Morgan fingerprint density at radius 2 is 1.74 bits per heavy atom. The van der Waals surface area contributed by atoms with Crippen LogP contribution in [0.4, 0.5) is 5.69 Å². The molecule has 0 aliphatic heterocycles. The van der Waals surface area contributed by atoms with E-state index in [1.54, 1.807) is 32.2 Å². The molecule has 0 spiro atoms. The van der Waals surface area contributed by atoms with E-state index in [9.17, 15) is 13.2 Å². The van der Waals surface area contributed by atoms with E-state index in [0.717, 1.165) is 27.4 Å². The number of amides is 1. The minimum absolute atomic E-state index is 0.273. The Bertz CT molecular complexity index is 894. The van der Waals surface area contributed by atoms with Crippen LogP contribution >= 0.6 is 0 Å². The first-order valence-corrected chi connectivity index (χ1v) is 10.5. The summed E-state index contributed by atoms with van der Waals surface area (Å²) in [6.45, 7) is 5.31. The maximum atomic E-state index is 12.8. The monoisotopic (exact) mass is 390 g/mol. The molecular weight excluding hydrogens is 364 g/mol. The van der Waals surface area contributed by atoms with E-state index in [0.29, 0.717) is 5.69 Å². The number of anilines is 1. The van der Waals surface area contributed by atoms with E-state index in [-0.39, 0.29) is 11.9 Å². The average molecular weight is 391 g/mol. The van der Waals surface area contributed by atoms with Gasteiger partial charge in [-0.25, -0.2) is 8.42 Å². The molecule has 2 rings (SSSR count). The number of aryl methyl sites for hydroxylation is 1. The minimum atomic E-state index is -3.63. The lowest BCUT2D eigenvalue weighted by molar-refractivity contribution is -0.122. The van der Waals surface area contributed by atoms with Crippen LogP contribution < -0.4 is 14.4 Å². The Morgan fingerprint density at radius 1 is 1.11 bits per heavy atom. The SMILES string of the molecule is COc1ccc([C@@H](C)NC(=O)[C@@H](C)N(c2cccc(C)c2)S(C)(=O)=O)cc1. The van der Waals surface area contributed by atoms with Gasteiger partial charge in [-0.15, -0.1) is 0 Å². The molecule has 0 heterocycles. The van der Waals surface area contributed by atoms with Crippen molar-refractivity contribution in [2.75, 3.05) is 17.7 Å². The molecule has 0 bridgehead atoms. The van der Waals surface area contributed by atoms with Crippen LogP contribution in [0.5, 0.6) is 5.75 Å². The minimum Gasteiger partial charge on any atom is -0.497 e. The molecule has 0 aliphatic carbocycles. The first-order valence-electron chi connectivity index (χ1n) is 8.64. The van der Waals surface area contributed by atoms with Gasteiger partial charge in [-0.3, -0.25) is 9.10 Å². The molecule has 0 aliphatic rings. The summed E-state index contributed by atoms with van der Waals surface area (Å²) >= 11 is 0. The predicted molar refractivity (Wildman–Crippen MR) is 108 cm³/mol. The van der Waals surface area contributed by atoms with Crippen LogP contribution in [0.1, 0.15) is 31.0 Å². The zero-order chi connectivity index (χ0) is 20.2. The summed E-state index contributed by atoms with van der Waals surface area (Å²) in [5.74, 6) is 0.360. The lowest BCUT2D eigenvalue weighted by atomic mass is 10.1. The van der Waals surface area contributed by atoms with Gasteiger partial charge < -0.3 is 10.1 Å². The van der Waals surface area contributed by atoms with Crippen LogP contribution in [0.25, 0.3) is 0 Å². The van der Waals surface area contributed by atoms with Gasteiger partial charge in [0.05, 0.1) is 25.1 Å². The normalized spacial score (nSPS) is 13.5. The van der Waals surface area contributed by atoms with Crippen LogP contribution in [0.2, 0.25) is 0 Å². The molecular formula is C20H26N2O4S. The molecule has 2 aromatic rings. The first-order chi connectivity index (χ1) is 12.6. The molecule has 6 nitrogen and oxygen atoms in total. The number of methoxy groups -OCH3 is 1. The largest absolute Gasteiger partial charge is 0.497 e. The van der Waals surface area contributed by atoms with Crippen molar-refractivity contribution in [1.29, 1.82) is 0 Å². The van der Waals surface area contributed by atoms with E-state index in [4.69, 9.17) is 4.74 Å². The van der Waals surface area contributed by atoms with Crippen molar-refractivity contribution in [3.63, 3.8) is 0 Å². The van der Waals surface area contributed by atoms with Crippen LogP contribution in [0.3, 0.4) is 0 Å². The second-order valence-electron chi connectivity index (χ2n) is 6.58. The summed E-state index contributed by atoms with van der Waals surface area (Å²) in [4.78, 5) is 12.8. The highest BCUT2D eigenvalue weighted by molar-refractivity contribution is 7.92. The van der Waals surface area contributed by atoms with Crippen molar-refractivity contribution in [3.05, 3.63) is 59.7 Å². The Labute approximate surface area is 161 Å². The molecule has 0 saturated carbocycles. The highest BCUT2D eigenvalue weighted by Crippen LogP contribution is 2.23. The van der Waals surface area contributed by atoms with E-state index in [1.165, 1.54) is 0 Å². The van der Waals surface area contributed by atoms with E-state index >= 15 is 0 Å². The number of carbonyl (C=O) groups is 1. The van der Waals surface area contributed by atoms with Crippen LogP contribution in [0.15, 0.2) is 48.5 Å². The smallest absolute Gasteiger partial charge is 0.244 e. The van der Waals surface area contributed by atoms with Gasteiger partial charge >= 0.3 is 0 Å². The van der Waals surface area contributed by atoms with E-state index < -0.39 is 16.1 Å². The number of nitrogens with zero attached hydrogens (tertiary/aromatic N) is 1. The standard InChI is InChI=1S/C20H26N2O4S/c1-14-7-6-8-18(13-14)22(27(5,24)25)16(3)20(23)21-15(2)17-9-11-19(26-4)12-10-17/h6-13,15-16H,1-5H3,(H,21,23)/t15-,16-/m1/s1. The van der Waals surface area contributed by atoms with Gasteiger partial charge in [0.15, 0.2) is 0 Å². The topological polar surface area (TPSA) is 75.7 Å². The predicted octanol–water partition coefficient (Wildman–Crippen LogP) is 3.04. The first kappa shape index (κ1) is 20.8. The molecule has 0 saturated heterocycles. The molecule has 146 valence electrons. The number of nitrogens with one attached hydrogen (secondary N) is 1. The van der Waals surface area contributed by atoms with Crippen LogP contribution in [0, 0.1) is 6.92 Å². The molecule has 0 radical (unpaired) electrons. The fourth-order valence-corrected chi connectivity index (χ4v) is 4.05. The molecule has 27 heavy (non-hydrogen) atoms. The maximum Gasteiger partial charge on any atom is 0.244 e. The number of benzene rings is 2. The van der Waals surface area contributed by atoms with E-state index in [2.05, 4.69) is 5.32 Å². The quantitative estimate of drug-likeness (QED) is 0.788. The van der Waals surface area contributed by atoms with Crippen molar-refractivity contribution >= 4 is 21.6 Å². The number of carbonyl (C=O) groups excluding carboxylic acids is 1. The highest BCUT2D eigenvalue weighted by atomic mass is 32.2. The molecule has 1 N–H and O–H groups in total. The fourth-order valence-electron chi connectivity index (χ4n) is 2.88. The number of sulfonamides is 1. The van der Waals surface area contributed by atoms with Gasteiger partial charge in [0.2, 0.25) is 15.9 Å². The maximum absolute atomic E-state index is 12.8. The van der Waals surface area contributed by atoms with Gasteiger partial charge in [-0.1, -0.05) is 24.3 Å². The highest BCUT2D eigenvalue weighted by Gasteiger charge is 2.29. The number of ether oxygens (including phenoxy) is 1. The van der Waals surface area contributed by atoms with Gasteiger partial charge in [-0.2, -0.15) is 0 Å². The zero-order valence-corrected chi connectivity index (χ0v) is 17.1. The number of hydrogen-bond acceptors (Lipinski definition) is 4. The van der Waals surface area contributed by atoms with Gasteiger partial charge in [0.1, 0.15) is 11.8 Å². The van der Waals surface area contributed by atoms with Gasteiger partial charge in [-0.05, 0) is 56.2 Å². The van der Waals surface area contributed by atoms with E-state index in [1.807, 2.05) is 44.2 Å². The fraction of sp³-hybridized carbons (Fsp3) is 0.350. The Hall–Kier alpha value is -2.54. The Morgan fingerprint density at radius 3 is 2.26 bits per heavy atom. The Balaban J connectivity index is 2.21. The third-order valence-electron chi connectivity index (χ3n) is 4.32. The third-order valence-corrected chi connectivity index (χ3v) is 5.56. The molecule has 2 atom stereocenters. The van der Waals surface area contributed by atoms with Crippen LogP contribution in [-0.4, -0.2) is 33.7 Å². The second-order valence-corrected chi connectivity index (χ2v) is 8.44. The number of rotatable bonds is 7. The molecule has 0 aromatic heterocycles.